The molecule has 7 aromatic carbocycles. The highest BCUT2D eigenvalue weighted by Gasteiger charge is 2.23. The molecule has 11 rings (SSSR count). The van der Waals surface area contributed by atoms with Gasteiger partial charge in [-0.3, -0.25) is 4.57 Å². The molecule has 0 saturated carbocycles. The average Bonchev–Trinajstić information content (AvgIpc) is 3.64. The van der Waals surface area contributed by atoms with E-state index in [1.807, 2.05) is 36.4 Å². The minimum absolute atomic E-state index is 0.753. The van der Waals surface area contributed by atoms with Crippen LogP contribution in [0.3, 0.4) is 0 Å². The molecule has 0 fully saturated rings. The summed E-state index contributed by atoms with van der Waals surface area (Å²) in [6, 6.07) is 51.1. The molecule has 0 aliphatic rings. The van der Waals surface area contributed by atoms with Crippen molar-refractivity contribution >= 4 is 82.1 Å². The summed E-state index contributed by atoms with van der Waals surface area (Å²) >= 11 is 0. The highest BCUT2D eigenvalue weighted by molar-refractivity contribution is 6.23. The molecule has 0 aliphatic carbocycles. The summed E-state index contributed by atoms with van der Waals surface area (Å²) in [4.78, 5) is 10.8. The molecule has 4 heterocycles. The van der Waals surface area contributed by atoms with Crippen LogP contribution < -0.4 is 0 Å². The minimum Gasteiger partial charge on any atom is -0.455 e. The van der Waals surface area contributed by atoms with E-state index in [2.05, 4.69) is 118 Å². The molecule has 5 nitrogen and oxygen atoms in total. The molecule has 5 heteroatoms. The number of benzene rings is 7. The van der Waals surface area contributed by atoms with Crippen molar-refractivity contribution in [2.75, 3.05) is 0 Å². The normalized spacial score (nSPS) is 12.3. The number of furan rings is 1. The van der Waals surface area contributed by atoms with E-state index < -0.39 is 0 Å². The lowest BCUT2D eigenvalue weighted by Crippen LogP contribution is -2.05. The smallest absolute Gasteiger partial charge is 0.165 e. The van der Waals surface area contributed by atoms with E-state index in [1.165, 1.54) is 32.6 Å². The molecule has 0 saturated heterocycles. The predicted molar refractivity (Wildman–Crippen MR) is 193 cm³/mol. The summed E-state index contributed by atoms with van der Waals surface area (Å²) < 4.78 is 11.3. The van der Waals surface area contributed by atoms with Gasteiger partial charge in [-0.25, -0.2) is 9.97 Å². The molecule has 0 spiro atoms. The molecule has 0 atom stereocenters. The van der Waals surface area contributed by atoms with Crippen molar-refractivity contribution in [3.63, 3.8) is 0 Å². The Hall–Kier alpha value is -6.46. The number of hydrogen-bond acceptors (Lipinski definition) is 3. The van der Waals surface area contributed by atoms with Gasteiger partial charge in [-0.05, 0) is 53.9 Å². The third kappa shape index (κ3) is 3.27. The molecular weight excluding hydrogens is 576 g/mol. The fraction of sp³-hybridized carbons (Fsp3) is 0. The Morgan fingerprint density at radius 2 is 1.15 bits per heavy atom. The maximum atomic E-state index is 6.59. The maximum absolute atomic E-state index is 6.59. The van der Waals surface area contributed by atoms with Gasteiger partial charge in [0.05, 0.1) is 38.6 Å². The van der Waals surface area contributed by atoms with Crippen LogP contribution in [0.4, 0.5) is 0 Å². The summed E-state index contributed by atoms with van der Waals surface area (Å²) in [5.74, 6) is 0.753. The van der Waals surface area contributed by atoms with Crippen molar-refractivity contribution < 1.29 is 4.42 Å². The molecule has 0 unspecified atom stereocenters. The van der Waals surface area contributed by atoms with Crippen LogP contribution in [0.25, 0.3) is 99.2 Å². The number of fused-ring (bicyclic) bond motifs is 9. The van der Waals surface area contributed by atoms with Gasteiger partial charge < -0.3 is 8.82 Å². The molecule has 0 amide bonds. The van der Waals surface area contributed by atoms with E-state index in [1.54, 1.807) is 0 Å². The van der Waals surface area contributed by atoms with Crippen molar-refractivity contribution in [3.05, 3.63) is 146 Å². The van der Waals surface area contributed by atoms with Gasteiger partial charge in [0.25, 0.3) is 0 Å². The van der Waals surface area contributed by atoms with Crippen molar-refractivity contribution in [2.45, 2.75) is 0 Å². The Balaban J connectivity index is 1.40. The zero-order chi connectivity index (χ0) is 30.6. The number of para-hydroxylation sites is 7. The van der Waals surface area contributed by atoms with Gasteiger partial charge in [0, 0.05) is 32.5 Å². The van der Waals surface area contributed by atoms with Gasteiger partial charge in [0.15, 0.2) is 5.82 Å². The molecule has 0 aliphatic heterocycles. The van der Waals surface area contributed by atoms with E-state index in [9.17, 15) is 0 Å². The molecule has 0 radical (unpaired) electrons. The molecule has 11 aromatic rings. The van der Waals surface area contributed by atoms with Crippen molar-refractivity contribution in [2.24, 2.45) is 0 Å². The summed E-state index contributed by atoms with van der Waals surface area (Å²) in [5.41, 5.74) is 10.6. The van der Waals surface area contributed by atoms with Crippen molar-refractivity contribution in [1.29, 1.82) is 0 Å². The fourth-order valence-corrected chi connectivity index (χ4v) is 7.71. The summed E-state index contributed by atoms with van der Waals surface area (Å²) in [7, 11) is 0. The first-order valence-corrected chi connectivity index (χ1v) is 15.9. The summed E-state index contributed by atoms with van der Waals surface area (Å²) in [6.45, 7) is 0. The molecule has 4 aromatic heterocycles. The fourth-order valence-electron chi connectivity index (χ4n) is 7.71. The molecule has 47 heavy (non-hydrogen) atoms. The summed E-state index contributed by atoms with van der Waals surface area (Å²) in [5, 5.41) is 6.97. The Morgan fingerprint density at radius 1 is 0.468 bits per heavy atom. The highest BCUT2D eigenvalue weighted by Crippen LogP contribution is 2.42. The summed E-state index contributed by atoms with van der Waals surface area (Å²) in [6.07, 6.45) is 0. The van der Waals surface area contributed by atoms with E-state index in [0.29, 0.717) is 0 Å². The largest absolute Gasteiger partial charge is 0.455 e. The second-order valence-corrected chi connectivity index (χ2v) is 12.2. The Labute approximate surface area is 267 Å². The van der Waals surface area contributed by atoms with Crippen LogP contribution in [-0.2, 0) is 0 Å². The maximum Gasteiger partial charge on any atom is 0.165 e. The standard InChI is InChI=1S/C42H24N4O/c1-5-18-33-26(12-1)28-24-23-25-11-9-21-36-38(25)40(28)45(33)34-19-6-7-20-35(34)46(36)42-39(43-31-16-3-4-17-32(31)44-42)30-15-10-14-29-27-13-2-8-22-37(27)47-41(29)30/h1-24H. The quantitative estimate of drug-likeness (QED) is 0.198. The zero-order valence-corrected chi connectivity index (χ0v) is 25.1. The van der Waals surface area contributed by atoms with E-state index >= 15 is 0 Å². The van der Waals surface area contributed by atoms with Crippen LogP contribution >= 0.6 is 0 Å². The Bertz CT molecular complexity index is 3070. The highest BCUT2D eigenvalue weighted by atomic mass is 16.3. The van der Waals surface area contributed by atoms with Gasteiger partial charge >= 0.3 is 0 Å². The third-order valence-electron chi connectivity index (χ3n) is 9.68. The van der Waals surface area contributed by atoms with Crippen molar-refractivity contribution in [1.82, 2.24) is 18.9 Å². The molecular formula is C42H24N4O. The van der Waals surface area contributed by atoms with Gasteiger partial charge in [0.1, 0.15) is 16.9 Å². The first-order valence-electron chi connectivity index (χ1n) is 15.9. The van der Waals surface area contributed by atoms with Crippen LogP contribution in [0.2, 0.25) is 0 Å². The van der Waals surface area contributed by atoms with E-state index in [4.69, 9.17) is 14.4 Å². The zero-order valence-electron chi connectivity index (χ0n) is 25.1. The molecule has 0 N–H and O–H groups in total. The van der Waals surface area contributed by atoms with Crippen LogP contribution in [0.15, 0.2) is 150 Å². The second kappa shape index (κ2) is 9.05. The number of nitrogens with zero attached hydrogens (tertiary/aromatic N) is 4. The third-order valence-corrected chi connectivity index (χ3v) is 9.68. The lowest BCUT2D eigenvalue weighted by molar-refractivity contribution is 0.669. The van der Waals surface area contributed by atoms with E-state index in [0.717, 1.165) is 66.6 Å². The number of aromatic nitrogens is 4. The van der Waals surface area contributed by atoms with Crippen LogP contribution in [0.1, 0.15) is 0 Å². The number of rotatable bonds is 2. The monoisotopic (exact) mass is 600 g/mol. The van der Waals surface area contributed by atoms with E-state index in [-0.39, 0.29) is 0 Å². The topological polar surface area (TPSA) is 48.3 Å². The number of hydrogen-bond donors (Lipinski definition) is 0. The predicted octanol–water partition coefficient (Wildman–Crippen LogP) is 10.9. The van der Waals surface area contributed by atoms with Crippen LogP contribution in [0, 0.1) is 0 Å². The Morgan fingerprint density at radius 3 is 2.04 bits per heavy atom. The second-order valence-electron chi connectivity index (χ2n) is 12.2. The van der Waals surface area contributed by atoms with Gasteiger partial charge in [-0.2, -0.15) is 0 Å². The van der Waals surface area contributed by atoms with Gasteiger partial charge in [0.2, 0.25) is 0 Å². The first kappa shape index (κ1) is 24.8. The Kier molecular flexibility index (Phi) is 4.78. The lowest BCUT2D eigenvalue weighted by Gasteiger charge is -2.16. The van der Waals surface area contributed by atoms with Crippen LogP contribution in [0.5, 0.6) is 0 Å². The van der Waals surface area contributed by atoms with Gasteiger partial charge in [-0.15, -0.1) is 0 Å². The lowest BCUT2D eigenvalue weighted by atomic mass is 10.0. The van der Waals surface area contributed by atoms with Crippen molar-refractivity contribution in [3.8, 4) is 17.1 Å². The van der Waals surface area contributed by atoms with Gasteiger partial charge in [-0.1, -0.05) is 97.1 Å². The molecule has 218 valence electrons. The first-order chi connectivity index (χ1) is 23.3. The minimum atomic E-state index is 0.753. The van der Waals surface area contributed by atoms with Crippen LogP contribution in [-0.4, -0.2) is 18.9 Å². The molecule has 0 bridgehead atoms. The average molecular weight is 601 g/mol. The SMILES string of the molecule is c1ccc2nc(-n3c4cccc5ccc6c7ccccc7n(c7ccccc73)c6c54)c(-c3cccc4c3oc3ccccc34)nc2c1.